The Morgan fingerprint density at radius 2 is 2.06 bits per heavy atom. The third-order valence-corrected chi connectivity index (χ3v) is 2.49. The van der Waals surface area contributed by atoms with Crippen LogP contribution in [0.2, 0.25) is 0 Å². The predicted octanol–water partition coefficient (Wildman–Crippen LogP) is 2.33. The fourth-order valence-corrected chi connectivity index (χ4v) is 1.55. The van der Waals surface area contributed by atoms with Crippen LogP contribution < -0.4 is 5.32 Å². The van der Waals surface area contributed by atoms with Gasteiger partial charge < -0.3 is 10.4 Å². The first-order valence-electron chi connectivity index (χ1n) is 5.14. The Kier molecular flexibility index (Phi) is 5.30. The van der Waals surface area contributed by atoms with Crippen molar-refractivity contribution in [2.75, 3.05) is 13.1 Å². The molecular formula is C11H14F3NOS. The molecule has 1 saturated heterocycles. The average Bonchev–Trinajstić information content (AvgIpc) is 2.69. The summed E-state index contributed by atoms with van der Waals surface area (Å²) in [5.74, 6) is 0. The number of rotatable bonds is 0. The lowest BCUT2D eigenvalue weighted by Gasteiger charge is -2.05. The highest BCUT2D eigenvalue weighted by atomic mass is 32.1. The fourth-order valence-electron chi connectivity index (χ4n) is 1.32. The first kappa shape index (κ1) is 14.3. The Hall–Kier alpha value is -0.720. The van der Waals surface area contributed by atoms with Gasteiger partial charge in [-0.25, -0.2) is 0 Å². The molecule has 2 rings (SSSR count). The normalized spacial score (nSPS) is 19.7. The van der Waals surface area contributed by atoms with Gasteiger partial charge in [-0.05, 0) is 31.2 Å². The number of benzene rings is 1. The summed E-state index contributed by atoms with van der Waals surface area (Å²) in [5.41, 5.74) is -0.662. The van der Waals surface area contributed by atoms with Crippen LogP contribution in [0.15, 0.2) is 29.2 Å². The van der Waals surface area contributed by atoms with E-state index in [4.69, 9.17) is 5.11 Å². The van der Waals surface area contributed by atoms with Crippen molar-refractivity contribution in [3.63, 3.8) is 0 Å². The van der Waals surface area contributed by atoms with Crippen LogP contribution in [-0.2, 0) is 6.18 Å². The largest absolute Gasteiger partial charge is 0.416 e. The molecule has 0 aliphatic carbocycles. The number of hydrogen-bond acceptors (Lipinski definition) is 3. The molecule has 1 fully saturated rings. The molecule has 0 saturated carbocycles. The molecule has 0 radical (unpaired) electrons. The average molecular weight is 265 g/mol. The maximum Gasteiger partial charge on any atom is 0.416 e. The van der Waals surface area contributed by atoms with Crippen LogP contribution in [0.5, 0.6) is 0 Å². The second-order valence-electron chi connectivity index (χ2n) is 3.69. The fraction of sp³-hybridized carbons (Fsp3) is 0.455. The van der Waals surface area contributed by atoms with E-state index in [1.54, 1.807) is 0 Å². The summed E-state index contributed by atoms with van der Waals surface area (Å²) in [7, 11) is 0. The Balaban J connectivity index is 0.000000202. The van der Waals surface area contributed by atoms with Gasteiger partial charge in [-0.3, -0.25) is 0 Å². The molecular weight excluding hydrogens is 251 g/mol. The lowest BCUT2D eigenvalue weighted by atomic mass is 10.2. The van der Waals surface area contributed by atoms with Gasteiger partial charge in [0.2, 0.25) is 0 Å². The molecule has 1 aromatic rings. The van der Waals surface area contributed by atoms with Gasteiger partial charge in [0.05, 0.1) is 11.7 Å². The zero-order valence-corrected chi connectivity index (χ0v) is 9.93. The topological polar surface area (TPSA) is 32.3 Å². The van der Waals surface area contributed by atoms with Gasteiger partial charge in [0.25, 0.3) is 0 Å². The number of halogens is 3. The molecule has 1 aliphatic rings. The number of aliphatic hydroxyl groups is 1. The van der Waals surface area contributed by atoms with E-state index in [9.17, 15) is 13.2 Å². The predicted molar refractivity (Wildman–Crippen MR) is 62.2 cm³/mol. The van der Waals surface area contributed by atoms with Gasteiger partial charge in [0.15, 0.2) is 0 Å². The van der Waals surface area contributed by atoms with Crippen LogP contribution in [-0.4, -0.2) is 24.3 Å². The van der Waals surface area contributed by atoms with Gasteiger partial charge in [0, 0.05) is 11.4 Å². The van der Waals surface area contributed by atoms with Crippen LogP contribution in [0.4, 0.5) is 13.2 Å². The van der Waals surface area contributed by atoms with Crippen molar-refractivity contribution >= 4 is 12.6 Å². The van der Waals surface area contributed by atoms with Gasteiger partial charge in [-0.2, -0.15) is 13.2 Å². The van der Waals surface area contributed by atoms with Gasteiger partial charge in [-0.1, -0.05) is 6.07 Å². The van der Waals surface area contributed by atoms with Crippen LogP contribution in [0.25, 0.3) is 0 Å². The third-order valence-electron chi connectivity index (χ3n) is 2.21. The Bertz CT molecular complexity index is 351. The van der Waals surface area contributed by atoms with E-state index in [0.29, 0.717) is 4.90 Å². The summed E-state index contributed by atoms with van der Waals surface area (Å²) in [5, 5.41) is 11.7. The van der Waals surface area contributed by atoms with E-state index < -0.39 is 11.7 Å². The van der Waals surface area contributed by atoms with Crippen molar-refractivity contribution in [1.82, 2.24) is 5.32 Å². The summed E-state index contributed by atoms with van der Waals surface area (Å²) < 4.78 is 35.8. The molecule has 1 aliphatic heterocycles. The molecule has 0 amide bonds. The van der Waals surface area contributed by atoms with E-state index in [1.165, 1.54) is 12.1 Å². The molecule has 0 aromatic heterocycles. The highest BCUT2D eigenvalue weighted by molar-refractivity contribution is 7.80. The van der Waals surface area contributed by atoms with Gasteiger partial charge in [0.1, 0.15) is 0 Å². The maximum atomic E-state index is 11.9. The zero-order chi connectivity index (χ0) is 12.9. The molecule has 1 heterocycles. The molecule has 0 unspecified atom stereocenters. The van der Waals surface area contributed by atoms with Crippen molar-refractivity contribution in [3.8, 4) is 0 Å². The third kappa shape index (κ3) is 5.43. The summed E-state index contributed by atoms with van der Waals surface area (Å²) in [6.45, 7) is 1.78. The minimum absolute atomic E-state index is 0.0648. The number of thiol groups is 1. The second kappa shape index (κ2) is 6.28. The molecule has 1 aromatic carbocycles. The van der Waals surface area contributed by atoms with E-state index in [0.717, 1.165) is 31.6 Å². The van der Waals surface area contributed by atoms with Crippen molar-refractivity contribution < 1.29 is 18.3 Å². The van der Waals surface area contributed by atoms with E-state index in [2.05, 4.69) is 17.9 Å². The van der Waals surface area contributed by atoms with E-state index in [-0.39, 0.29) is 6.10 Å². The Labute approximate surface area is 103 Å². The minimum Gasteiger partial charge on any atom is -0.392 e. The number of alkyl halides is 3. The smallest absolute Gasteiger partial charge is 0.392 e. The van der Waals surface area contributed by atoms with Crippen LogP contribution >= 0.6 is 12.6 Å². The highest BCUT2D eigenvalue weighted by Crippen LogP contribution is 2.29. The molecule has 96 valence electrons. The summed E-state index contributed by atoms with van der Waals surface area (Å²) in [4.78, 5) is 0.319. The SMILES string of the molecule is FC(F)(F)c1cccc(S)c1.O[C@H]1CCNC1. The van der Waals surface area contributed by atoms with Crippen molar-refractivity contribution in [1.29, 1.82) is 0 Å². The minimum atomic E-state index is -4.27. The molecule has 17 heavy (non-hydrogen) atoms. The monoisotopic (exact) mass is 265 g/mol. The number of aliphatic hydroxyl groups excluding tert-OH is 1. The quantitative estimate of drug-likeness (QED) is 0.629. The lowest BCUT2D eigenvalue weighted by molar-refractivity contribution is -0.137. The van der Waals surface area contributed by atoms with E-state index >= 15 is 0 Å². The Morgan fingerprint density at radius 3 is 2.35 bits per heavy atom. The molecule has 6 heteroatoms. The number of hydrogen-bond donors (Lipinski definition) is 3. The standard InChI is InChI=1S/C7H5F3S.C4H9NO/c8-7(9,10)5-2-1-3-6(11)4-5;6-4-1-2-5-3-4/h1-4,11H;4-6H,1-3H2/t;4-/m.0/s1. The highest BCUT2D eigenvalue weighted by Gasteiger charge is 2.29. The summed E-state index contributed by atoms with van der Waals surface area (Å²) in [6.07, 6.45) is -3.40. The number of nitrogens with one attached hydrogen (secondary N) is 1. The Morgan fingerprint density at radius 1 is 1.35 bits per heavy atom. The first-order chi connectivity index (χ1) is 7.89. The summed E-state index contributed by atoms with van der Waals surface area (Å²) >= 11 is 3.79. The second-order valence-corrected chi connectivity index (χ2v) is 4.21. The molecule has 2 nitrogen and oxygen atoms in total. The molecule has 2 N–H and O–H groups in total. The van der Waals surface area contributed by atoms with Gasteiger partial charge in [-0.15, -0.1) is 12.6 Å². The van der Waals surface area contributed by atoms with Crippen molar-refractivity contribution in [3.05, 3.63) is 29.8 Å². The van der Waals surface area contributed by atoms with E-state index in [1.807, 2.05) is 0 Å². The summed E-state index contributed by atoms with van der Waals surface area (Å²) in [6, 6.07) is 4.83. The molecule has 1 atom stereocenters. The van der Waals surface area contributed by atoms with Crippen LogP contribution in [0.3, 0.4) is 0 Å². The van der Waals surface area contributed by atoms with Crippen molar-refractivity contribution in [2.24, 2.45) is 0 Å². The lowest BCUT2D eigenvalue weighted by Crippen LogP contribution is -2.11. The maximum absolute atomic E-state index is 11.9. The number of β-amino-alcohol motifs (C(OH)–C–C–N with tert-alkyl or cyclic N) is 1. The molecule has 0 spiro atoms. The van der Waals surface area contributed by atoms with Gasteiger partial charge >= 0.3 is 6.18 Å². The molecule has 0 bridgehead atoms. The zero-order valence-electron chi connectivity index (χ0n) is 9.04. The van der Waals surface area contributed by atoms with Crippen LogP contribution in [0.1, 0.15) is 12.0 Å². The van der Waals surface area contributed by atoms with Crippen molar-refractivity contribution in [2.45, 2.75) is 23.6 Å². The van der Waals surface area contributed by atoms with Crippen LogP contribution in [0, 0.1) is 0 Å². The first-order valence-corrected chi connectivity index (χ1v) is 5.59.